The van der Waals surface area contributed by atoms with Gasteiger partial charge in [0, 0.05) is 57.1 Å². The molecule has 0 spiro atoms. The number of guanidine groups is 1. The van der Waals surface area contributed by atoms with Crippen LogP contribution in [0.15, 0.2) is 29.3 Å². The summed E-state index contributed by atoms with van der Waals surface area (Å²) in [6, 6.07) is 6.64. The Kier molecular flexibility index (Phi) is 7.29. The van der Waals surface area contributed by atoms with Crippen LogP contribution in [0.4, 0.5) is 11.4 Å². The molecule has 1 aromatic rings. The monoisotopic (exact) mass is 548 g/mol. The molecule has 2 fully saturated rings. The van der Waals surface area contributed by atoms with Gasteiger partial charge in [0.2, 0.25) is 11.9 Å². The molecular formula is C17H21IN6O3S2. The molecule has 1 atom stereocenters. The van der Waals surface area contributed by atoms with Crippen molar-refractivity contribution < 1.29 is 9.72 Å². The number of halogens is 1. The number of thiocarbonyl (C=S) groups is 1. The van der Waals surface area contributed by atoms with Crippen LogP contribution in [0.2, 0.25) is 0 Å². The predicted molar refractivity (Wildman–Crippen MR) is 128 cm³/mol. The smallest absolute Gasteiger partial charge is 0.269 e. The van der Waals surface area contributed by atoms with E-state index in [4.69, 9.17) is 12.2 Å². The molecule has 29 heavy (non-hydrogen) atoms. The van der Waals surface area contributed by atoms with Gasteiger partial charge in [0.1, 0.15) is 5.25 Å². The molecule has 0 radical (unpaired) electrons. The van der Waals surface area contributed by atoms with E-state index < -0.39 is 4.92 Å². The molecule has 0 bridgehead atoms. The molecule has 156 valence electrons. The maximum Gasteiger partial charge on any atom is 0.269 e. The average molecular weight is 548 g/mol. The number of carbonyl (C=O) groups excluding carboxylic acids is 1. The first-order valence-electron chi connectivity index (χ1n) is 9.07. The Morgan fingerprint density at radius 3 is 2.52 bits per heavy atom. The lowest BCUT2D eigenvalue weighted by Gasteiger charge is -2.36. The highest BCUT2D eigenvalue weighted by Gasteiger charge is 2.41. The van der Waals surface area contributed by atoms with Crippen molar-refractivity contribution in [1.29, 1.82) is 0 Å². The third-order valence-corrected chi connectivity index (χ3v) is 6.50. The maximum absolute atomic E-state index is 12.8. The summed E-state index contributed by atoms with van der Waals surface area (Å²) in [4.78, 5) is 33.5. The molecule has 9 nitrogen and oxygen atoms in total. The van der Waals surface area contributed by atoms with Crippen molar-refractivity contribution in [3.63, 3.8) is 0 Å². The number of aliphatic imine (C=N–C) groups is 1. The summed E-state index contributed by atoms with van der Waals surface area (Å²) < 4.78 is 0.563. The molecule has 1 aromatic carbocycles. The topological polar surface area (TPSA) is 94.3 Å². The fourth-order valence-electron chi connectivity index (χ4n) is 3.51. The van der Waals surface area contributed by atoms with Crippen LogP contribution in [-0.2, 0) is 4.79 Å². The maximum atomic E-state index is 12.8. The van der Waals surface area contributed by atoms with Gasteiger partial charge in [-0.15, -0.1) is 24.0 Å². The van der Waals surface area contributed by atoms with Crippen molar-refractivity contribution in [2.45, 2.75) is 5.25 Å². The Labute approximate surface area is 195 Å². The molecule has 0 saturated carbocycles. The third-order valence-electron chi connectivity index (χ3n) is 5.01. The minimum absolute atomic E-state index is 0. The van der Waals surface area contributed by atoms with Gasteiger partial charge >= 0.3 is 0 Å². The van der Waals surface area contributed by atoms with Crippen LogP contribution in [0, 0.1) is 10.1 Å². The summed E-state index contributed by atoms with van der Waals surface area (Å²) in [6.07, 6.45) is 0. The van der Waals surface area contributed by atoms with E-state index in [2.05, 4.69) is 20.1 Å². The molecule has 3 aliphatic rings. The number of amides is 1. The second-order valence-electron chi connectivity index (χ2n) is 6.74. The fraction of sp³-hybridized carbons (Fsp3) is 0.471. The molecule has 1 N–H and O–H groups in total. The number of nitrogens with one attached hydrogen (secondary N) is 1. The lowest BCUT2D eigenvalue weighted by atomic mass is 10.2. The van der Waals surface area contributed by atoms with Crippen LogP contribution < -0.4 is 10.2 Å². The van der Waals surface area contributed by atoms with Crippen LogP contribution in [0.5, 0.6) is 0 Å². The Balaban J connectivity index is 0.00000240. The Morgan fingerprint density at radius 2 is 1.93 bits per heavy atom. The first-order valence-corrected chi connectivity index (χ1v) is 10.4. The number of non-ortho nitro benzene ring substituents is 1. The number of benzene rings is 1. The number of hydrogen-bond donors (Lipinski definition) is 1. The number of rotatable bonds is 4. The molecule has 0 aliphatic carbocycles. The summed E-state index contributed by atoms with van der Waals surface area (Å²) in [5.41, 5.74) is 1.08. The van der Waals surface area contributed by atoms with Gasteiger partial charge in [-0.1, -0.05) is 24.0 Å². The largest absolute Gasteiger partial charge is 0.369 e. The summed E-state index contributed by atoms with van der Waals surface area (Å²) in [5.74, 6) is 0.578. The zero-order valence-corrected chi connectivity index (χ0v) is 19.5. The second kappa shape index (κ2) is 9.53. The van der Waals surface area contributed by atoms with Crippen LogP contribution >= 0.6 is 48.0 Å². The van der Waals surface area contributed by atoms with Gasteiger partial charge in [0.15, 0.2) is 4.32 Å². The van der Waals surface area contributed by atoms with Gasteiger partial charge in [-0.25, -0.2) is 4.90 Å². The zero-order chi connectivity index (χ0) is 19.7. The summed E-state index contributed by atoms with van der Waals surface area (Å²) in [6.45, 7) is 5.34. The van der Waals surface area contributed by atoms with E-state index in [0.717, 1.165) is 38.4 Å². The summed E-state index contributed by atoms with van der Waals surface area (Å²) in [7, 11) is 0. The lowest BCUT2D eigenvalue weighted by Crippen LogP contribution is -2.50. The van der Waals surface area contributed by atoms with E-state index in [0.29, 0.717) is 23.4 Å². The van der Waals surface area contributed by atoms with Gasteiger partial charge in [0.05, 0.1) is 11.5 Å². The fourth-order valence-corrected chi connectivity index (χ4v) is 5.05. The number of hydrogen-bond acceptors (Lipinski definition) is 9. The SMILES string of the molecule is I.O=C1C(CN2CCN(c3ccc([N+](=O)[O-])cc3)CC2)SC(=S)N1C1=NCCN1. The van der Waals surface area contributed by atoms with E-state index in [9.17, 15) is 14.9 Å². The highest BCUT2D eigenvalue weighted by Crippen LogP contribution is 2.29. The van der Waals surface area contributed by atoms with E-state index in [1.54, 1.807) is 12.1 Å². The van der Waals surface area contributed by atoms with Gasteiger partial charge < -0.3 is 10.2 Å². The van der Waals surface area contributed by atoms with Crippen molar-refractivity contribution in [3.8, 4) is 0 Å². The summed E-state index contributed by atoms with van der Waals surface area (Å²) in [5, 5.41) is 13.7. The standard InChI is InChI=1S/C17H20N6O3S2.HI/c24-15-14(28-17(27)22(15)16-18-5-6-19-16)11-20-7-9-21(10-8-20)12-1-3-13(4-2-12)23(25)26;/h1-4,14H,5-11H2,(H,18,19);1H. The zero-order valence-electron chi connectivity index (χ0n) is 15.5. The number of piperazine rings is 1. The Hall–Kier alpha value is -1.51. The van der Waals surface area contributed by atoms with Crippen LogP contribution in [0.1, 0.15) is 0 Å². The molecule has 4 rings (SSSR count). The molecule has 3 aliphatic heterocycles. The first kappa shape index (κ1) is 22.2. The van der Waals surface area contributed by atoms with Gasteiger partial charge in [-0.05, 0) is 12.1 Å². The quantitative estimate of drug-likeness (QED) is 0.262. The number of thioether (sulfide) groups is 1. The Bertz CT molecular complexity index is 829. The van der Waals surface area contributed by atoms with Crippen LogP contribution in [0.3, 0.4) is 0 Å². The first-order chi connectivity index (χ1) is 13.5. The molecule has 1 unspecified atom stereocenters. The van der Waals surface area contributed by atoms with Crippen molar-refractivity contribution in [2.75, 3.05) is 50.7 Å². The molecule has 0 aromatic heterocycles. The number of nitro benzene ring substituents is 1. The predicted octanol–water partition coefficient (Wildman–Crippen LogP) is 1.52. The van der Waals surface area contributed by atoms with E-state index >= 15 is 0 Å². The van der Waals surface area contributed by atoms with Gasteiger partial charge in [0.25, 0.3) is 5.69 Å². The number of anilines is 1. The van der Waals surface area contributed by atoms with Crippen LogP contribution in [0.25, 0.3) is 0 Å². The van der Waals surface area contributed by atoms with Crippen molar-refractivity contribution >= 4 is 75.5 Å². The number of carbonyl (C=O) groups is 1. The van der Waals surface area contributed by atoms with E-state index in [-0.39, 0.29) is 40.8 Å². The normalized spacial score (nSPS) is 22.3. The Morgan fingerprint density at radius 1 is 1.24 bits per heavy atom. The van der Waals surface area contributed by atoms with Crippen molar-refractivity contribution in [2.24, 2.45) is 4.99 Å². The minimum atomic E-state index is -0.390. The second-order valence-corrected chi connectivity index (χ2v) is 8.58. The highest BCUT2D eigenvalue weighted by atomic mass is 127. The van der Waals surface area contributed by atoms with Gasteiger partial charge in [-0.2, -0.15) is 0 Å². The average Bonchev–Trinajstić information content (AvgIpc) is 3.31. The molecule has 2 saturated heterocycles. The number of nitro groups is 1. The van der Waals surface area contributed by atoms with E-state index in [1.807, 2.05) is 0 Å². The van der Waals surface area contributed by atoms with Gasteiger partial charge in [-0.3, -0.25) is 24.8 Å². The lowest BCUT2D eigenvalue weighted by molar-refractivity contribution is -0.384. The third kappa shape index (κ3) is 4.81. The van der Waals surface area contributed by atoms with E-state index in [1.165, 1.54) is 28.8 Å². The van der Waals surface area contributed by atoms with Crippen molar-refractivity contribution in [3.05, 3.63) is 34.4 Å². The summed E-state index contributed by atoms with van der Waals surface area (Å²) >= 11 is 6.81. The molecule has 1 amide bonds. The molecular weight excluding hydrogens is 527 g/mol. The number of nitrogens with zero attached hydrogens (tertiary/aromatic N) is 5. The van der Waals surface area contributed by atoms with Crippen LogP contribution in [-0.4, -0.2) is 82.0 Å². The molecule has 12 heteroatoms. The van der Waals surface area contributed by atoms with Crippen molar-refractivity contribution in [1.82, 2.24) is 15.1 Å². The minimum Gasteiger partial charge on any atom is -0.369 e. The molecule has 3 heterocycles. The highest BCUT2D eigenvalue weighted by molar-refractivity contribution is 14.0.